The Labute approximate surface area is 140 Å². The maximum absolute atomic E-state index is 12.6. The molecule has 24 heavy (non-hydrogen) atoms. The van der Waals surface area contributed by atoms with Gasteiger partial charge in [-0.05, 0) is 18.2 Å². The Morgan fingerprint density at radius 2 is 1.71 bits per heavy atom. The van der Waals surface area contributed by atoms with Gasteiger partial charge in [0.15, 0.2) is 0 Å². The van der Waals surface area contributed by atoms with Gasteiger partial charge in [-0.2, -0.15) is 4.31 Å². The second kappa shape index (κ2) is 6.58. The SMILES string of the molecule is O=C(O)c1cnccc1N1CCN(S(=O)(=O)c2ccccc2)CC1. The van der Waals surface area contributed by atoms with Gasteiger partial charge in [-0.25, -0.2) is 13.2 Å². The number of hydrogen-bond acceptors (Lipinski definition) is 5. The number of aromatic carboxylic acids is 1. The van der Waals surface area contributed by atoms with Crippen molar-refractivity contribution in [3.63, 3.8) is 0 Å². The summed E-state index contributed by atoms with van der Waals surface area (Å²) in [5, 5.41) is 9.25. The third-order valence-electron chi connectivity index (χ3n) is 3.99. The van der Waals surface area contributed by atoms with Crippen molar-refractivity contribution < 1.29 is 18.3 Å². The van der Waals surface area contributed by atoms with Gasteiger partial charge in [0, 0.05) is 38.6 Å². The van der Waals surface area contributed by atoms with Gasteiger partial charge in [0.05, 0.1) is 10.6 Å². The molecule has 0 aliphatic carbocycles. The molecular weight excluding hydrogens is 330 g/mol. The molecule has 8 heteroatoms. The molecule has 3 rings (SSSR count). The molecule has 1 saturated heterocycles. The number of carbonyl (C=O) groups is 1. The number of piperazine rings is 1. The van der Waals surface area contributed by atoms with Crippen LogP contribution in [0.15, 0.2) is 53.7 Å². The summed E-state index contributed by atoms with van der Waals surface area (Å²) in [4.78, 5) is 17.3. The molecule has 1 fully saturated rings. The zero-order chi connectivity index (χ0) is 17.2. The summed E-state index contributed by atoms with van der Waals surface area (Å²) in [7, 11) is -3.52. The number of hydrogen-bond donors (Lipinski definition) is 1. The molecular formula is C16H17N3O4S. The molecule has 126 valence electrons. The van der Waals surface area contributed by atoms with Crippen LogP contribution in [0.1, 0.15) is 10.4 Å². The predicted molar refractivity (Wildman–Crippen MR) is 88.6 cm³/mol. The summed E-state index contributed by atoms with van der Waals surface area (Å²) in [6, 6.07) is 9.96. The molecule has 0 atom stereocenters. The molecule has 2 heterocycles. The first kappa shape index (κ1) is 16.4. The number of carboxylic acids is 1. The highest BCUT2D eigenvalue weighted by molar-refractivity contribution is 7.89. The molecule has 1 aliphatic heterocycles. The van der Waals surface area contributed by atoms with Crippen LogP contribution in [0.25, 0.3) is 0 Å². The van der Waals surface area contributed by atoms with E-state index >= 15 is 0 Å². The lowest BCUT2D eigenvalue weighted by Crippen LogP contribution is -2.49. The zero-order valence-electron chi connectivity index (χ0n) is 12.9. The smallest absolute Gasteiger partial charge is 0.339 e. The summed E-state index contributed by atoms with van der Waals surface area (Å²) in [6.45, 7) is 1.46. The molecule has 0 amide bonds. The molecule has 1 aliphatic rings. The van der Waals surface area contributed by atoms with Crippen molar-refractivity contribution in [1.29, 1.82) is 0 Å². The maximum atomic E-state index is 12.6. The zero-order valence-corrected chi connectivity index (χ0v) is 13.7. The minimum Gasteiger partial charge on any atom is -0.478 e. The fraction of sp³-hybridized carbons (Fsp3) is 0.250. The van der Waals surface area contributed by atoms with E-state index in [1.54, 1.807) is 36.4 Å². The number of rotatable bonds is 4. The fourth-order valence-corrected chi connectivity index (χ4v) is 4.18. The number of anilines is 1. The molecule has 7 nitrogen and oxygen atoms in total. The van der Waals surface area contributed by atoms with Gasteiger partial charge in [0.1, 0.15) is 5.56 Å². The van der Waals surface area contributed by atoms with E-state index in [4.69, 9.17) is 0 Å². The summed E-state index contributed by atoms with van der Waals surface area (Å²) >= 11 is 0. The number of aromatic nitrogens is 1. The highest BCUT2D eigenvalue weighted by Gasteiger charge is 2.29. The van der Waals surface area contributed by atoms with Crippen molar-refractivity contribution in [3.8, 4) is 0 Å². The molecule has 1 aromatic carbocycles. The van der Waals surface area contributed by atoms with Gasteiger partial charge >= 0.3 is 5.97 Å². The Morgan fingerprint density at radius 3 is 2.33 bits per heavy atom. The number of sulfonamides is 1. The van der Waals surface area contributed by atoms with Crippen molar-refractivity contribution in [3.05, 3.63) is 54.4 Å². The Morgan fingerprint density at radius 1 is 1.04 bits per heavy atom. The Balaban J connectivity index is 1.76. The topological polar surface area (TPSA) is 90.8 Å². The first-order valence-corrected chi connectivity index (χ1v) is 8.91. The van der Waals surface area contributed by atoms with E-state index in [0.29, 0.717) is 31.9 Å². The van der Waals surface area contributed by atoms with E-state index in [-0.39, 0.29) is 10.5 Å². The summed E-state index contributed by atoms with van der Waals surface area (Å²) in [5.74, 6) is -1.04. The molecule has 0 radical (unpaired) electrons. The van der Waals surface area contributed by atoms with Gasteiger partial charge in [-0.1, -0.05) is 18.2 Å². The first-order chi connectivity index (χ1) is 11.5. The van der Waals surface area contributed by atoms with Gasteiger partial charge < -0.3 is 10.0 Å². The van der Waals surface area contributed by atoms with Crippen LogP contribution >= 0.6 is 0 Å². The van der Waals surface area contributed by atoms with Gasteiger partial charge in [-0.15, -0.1) is 0 Å². The standard InChI is InChI=1S/C16H17N3O4S/c20-16(21)14-12-17-7-6-15(14)18-8-10-19(11-9-18)24(22,23)13-4-2-1-3-5-13/h1-7,12H,8-11H2,(H,20,21). The van der Waals surface area contributed by atoms with Gasteiger partial charge in [0.2, 0.25) is 10.0 Å². The molecule has 0 bridgehead atoms. The molecule has 0 spiro atoms. The van der Waals surface area contributed by atoms with Crippen LogP contribution in [-0.2, 0) is 10.0 Å². The Bertz CT molecular complexity index is 831. The van der Waals surface area contributed by atoms with Crippen LogP contribution in [0.2, 0.25) is 0 Å². The van der Waals surface area contributed by atoms with E-state index < -0.39 is 16.0 Å². The lowest BCUT2D eigenvalue weighted by atomic mass is 10.2. The number of pyridine rings is 1. The fourth-order valence-electron chi connectivity index (χ4n) is 2.74. The first-order valence-electron chi connectivity index (χ1n) is 7.47. The predicted octanol–water partition coefficient (Wildman–Crippen LogP) is 1.29. The van der Waals surface area contributed by atoms with E-state index in [1.165, 1.54) is 16.7 Å². The maximum Gasteiger partial charge on any atom is 0.339 e. The summed E-state index contributed by atoms with van der Waals surface area (Å²) in [6.07, 6.45) is 2.85. The Kier molecular flexibility index (Phi) is 4.50. The van der Waals surface area contributed by atoms with Crippen molar-refractivity contribution >= 4 is 21.7 Å². The number of nitrogens with zero attached hydrogens (tertiary/aromatic N) is 3. The van der Waals surface area contributed by atoms with Crippen molar-refractivity contribution in [2.24, 2.45) is 0 Å². The third-order valence-corrected chi connectivity index (χ3v) is 5.90. The highest BCUT2D eigenvalue weighted by atomic mass is 32.2. The highest BCUT2D eigenvalue weighted by Crippen LogP contribution is 2.23. The van der Waals surface area contributed by atoms with Gasteiger partial charge in [-0.3, -0.25) is 4.98 Å². The van der Waals surface area contributed by atoms with E-state index in [9.17, 15) is 18.3 Å². The molecule has 2 aromatic rings. The average Bonchev–Trinajstić information content (AvgIpc) is 2.62. The van der Waals surface area contributed by atoms with Crippen LogP contribution < -0.4 is 4.90 Å². The second-order valence-corrected chi connectivity index (χ2v) is 7.34. The number of benzene rings is 1. The van der Waals surface area contributed by atoms with Crippen LogP contribution in [0.4, 0.5) is 5.69 Å². The molecule has 1 N–H and O–H groups in total. The second-order valence-electron chi connectivity index (χ2n) is 5.40. The quantitative estimate of drug-likeness (QED) is 0.896. The lowest BCUT2D eigenvalue weighted by Gasteiger charge is -2.35. The monoisotopic (exact) mass is 347 g/mol. The molecule has 1 aromatic heterocycles. The summed E-state index contributed by atoms with van der Waals surface area (Å²) in [5.41, 5.74) is 0.686. The van der Waals surface area contributed by atoms with Crippen molar-refractivity contribution in [2.45, 2.75) is 4.90 Å². The molecule has 0 saturated carbocycles. The molecule has 0 unspecified atom stereocenters. The van der Waals surface area contributed by atoms with E-state index in [2.05, 4.69) is 4.98 Å². The lowest BCUT2D eigenvalue weighted by molar-refractivity contribution is 0.0697. The van der Waals surface area contributed by atoms with Crippen molar-refractivity contribution in [1.82, 2.24) is 9.29 Å². The van der Waals surface area contributed by atoms with E-state index in [0.717, 1.165) is 0 Å². The van der Waals surface area contributed by atoms with Crippen LogP contribution in [0.3, 0.4) is 0 Å². The summed E-state index contributed by atoms with van der Waals surface area (Å²) < 4.78 is 26.6. The van der Waals surface area contributed by atoms with E-state index in [1.807, 2.05) is 4.90 Å². The van der Waals surface area contributed by atoms with Gasteiger partial charge in [0.25, 0.3) is 0 Å². The van der Waals surface area contributed by atoms with Crippen molar-refractivity contribution in [2.75, 3.05) is 31.1 Å². The normalized spacial score (nSPS) is 16.1. The Hall–Kier alpha value is -2.45. The average molecular weight is 347 g/mol. The minimum atomic E-state index is -3.52. The minimum absolute atomic E-state index is 0.122. The third kappa shape index (κ3) is 3.10. The van der Waals surface area contributed by atoms with Crippen LogP contribution in [-0.4, -0.2) is 55.0 Å². The largest absolute Gasteiger partial charge is 0.478 e. The number of carboxylic acid groups (broad SMARTS) is 1. The van der Waals surface area contributed by atoms with Crippen LogP contribution in [0, 0.1) is 0 Å². The van der Waals surface area contributed by atoms with Crippen LogP contribution in [0.5, 0.6) is 0 Å².